The highest BCUT2D eigenvalue weighted by Gasteiger charge is 2.16. The highest BCUT2D eigenvalue weighted by atomic mass is 79.9. The lowest BCUT2D eigenvalue weighted by atomic mass is 10.1. The summed E-state index contributed by atoms with van der Waals surface area (Å²) in [5.74, 6) is 0. The number of likely N-dealkylation sites (N-methyl/N-ethyl adjacent to an activating group) is 1. The van der Waals surface area contributed by atoms with E-state index < -0.39 is 0 Å². The highest BCUT2D eigenvalue weighted by molar-refractivity contribution is 9.11. The SMILES string of the molecule is C=C(Br)CN(C)C1CCCCCC1. The van der Waals surface area contributed by atoms with Gasteiger partial charge in [-0.15, -0.1) is 0 Å². The quantitative estimate of drug-likeness (QED) is 0.688. The number of hydrogen-bond acceptors (Lipinski definition) is 1. The lowest BCUT2D eigenvalue weighted by Crippen LogP contribution is -2.32. The Kier molecular flexibility index (Phi) is 5.04. The van der Waals surface area contributed by atoms with Gasteiger partial charge in [-0.05, 0) is 19.9 Å². The Morgan fingerprint density at radius 3 is 2.31 bits per heavy atom. The molecule has 13 heavy (non-hydrogen) atoms. The standard InChI is InChI=1S/C11H20BrN/c1-10(12)9-13(2)11-7-5-3-4-6-8-11/h11H,1,3-9H2,2H3. The van der Waals surface area contributed by atoms with E-state index in [1.165, 1.54) is 38.5 Å². The van der Waals surface area contributed by atoms with E-state index in [1.54, 1.807) is 0 Å². The van der Waals surface area contributed by atoms with Crippen molar-refractivity contribution in [3.63, 3.8) is 0 Å². The number of nitrogens with zero attached hydrogens (tertiary/aromatic N) is 1. The van der Waals surface area contributed by atoms with Gasteiger partial charge in [-0.2, -0.15) is 0 Å². The van der Waals surface area contributed by atoms with Crippen LogP contribution in [-0.2, 0) is 0 Å². The van der Waals surface area contributed by atoms with Gasteiger partial charge in [0.25, 0.3) is 0 Å². The molecule has 0 unspecified atom stereocenters. The molecule has 1 saturated carbocycles. The molecule has 1 aliphatic rings. The van der Waals surface area contributed by atoms with Gasteiger partial charge in [-0.1, -0.05) is 48.2 Å². The van der Waals surface area contributed by atoms with Crippen LogP contribution >= 0.6 is 15.9 Å². The molecule has 0 N–H and O–H groups in total. The van der Waals surface area contributed by atoms with Crippen molar-refractivity contribution in [2.75, 3.05) is 13.6 Å². The van der Waals surface area contributed by atoms with Crippen molar-refractivity contribution in [3.05, 3.63) is 11.1 Å². The zero-order valence-corrected chi connectivity index (χ0v) is 10.1. The second-order valence-electron chi connectivity index (χ2n) is 4.08. The van der Waals surface area contributed by atoms with Gasteiger partial charge < -0.3 is 0 Å². The van der Waals surface area contributed by atoms with E-state index in [1.807, 2.05) is 0 Å². The molecule has 76 valence electrons. The fourth-order valence-electron chi connectivity index (χ4n) is 2.10. The zero-order chi connectivity index (χ0) is 9.68. The van der Waals surface area contributed by atoms with Crippen molar-refractivity contribution in [3.8, 4) is 0 Å². The Morgan fingerprint density at radius 2 is 1.85 bits per heavy atom. The maximum Gasteiger partial charge on any atom is 0.0293 e. The van der Waals surface area contributed by atoms with E-state index in [2.05, 4.69) is 34.5 Å². The fourth-order valence-corrected chi connectivity index (χ4v) is 2.49. The van der Waals surface area contributed by atoms with Gasteiger partial charge in [0.05, 0.1) is 0 Å². The van der Waals surface area contributed by atoms with Crippen LogP contribution in [0.25, 0.3) is 0 Å². The molecule has 0 radical (unpaired) electrons. The first kappa shape index (κ1) is 11.3. The third-order valence-corrected chi connectivity index (χ3v) is 3.12. The van der Waals surface area contributed by atoms with Crippen molar-refractivity contribution < 1.29 is 0 Å². The predicted octanol–water partition coefficient (Wildman–Crippen LogP) is 3.55. The van der Waals surface area contributed by atoms with Gasteiger partial charge in [-0.25, -0.2) is 0 Å². The molecule has 0 atom stereocenters. The summed E-state index contributed by atoms with van der Waals surface area (Å²) in [6, 6.07) is 0.789. The van der Waals surface area contributed by atoms with Crippen LogP contribution in [0.3, 0.4) is 0 Å². The minimum absolute atomic E-state index is 0.789. The molecular formula is C11H20BrN. The highest BCUT2D eigenvalue weighted by Crippen LogP contribution is 2.21. The fraction of sp³-hybridized carbons (Fsp3) is 0.818. The van der Waals surface area contributed by atoms with Gasteiger partial charge >= 0.3 is 0 Å². The van der Waals surface area contributed by atoms with E-state index in [0.717, 1.165) is 17.1 Å². The molecule has 0 saturated heterocycles. The first-order valence-corrected chi connectivity index (χ1v) is 6.03. The largest absolute Gasteiger partial charge is 0.299 e. The van der Waals surface area contributed by atoms with Crippen LogP contribution in [0.4, 0.5) is 0 Å². The summed E-state index contributed by atoms with van der Waals surface area (Å²) in [6.45, 7) is 4.88. The predicted molar refractivity (Wildman–Crippen MR) is 62.2 cm³/mol. The van der Waals surface area contributed by atoms with E-state index in [-0.39, 0.29) is 0 Å². The molecule has 0 aliphatic heterocycles. The molecule has 1 nitrogen and oxygen atoms in total. The lowest BCUT2D eigenvalue weighted by molar-refractivity contribution is 0.242. The molecular weight excluding hydrogens is 226 g/mol. The summed E-state index contributed by atoms with van der Waals surface area (Å²) in [5.41, 5.74) is 0. The van der Waals surface area contributed by atoms with Gasteiger partial charge in [-0.3, -0.25) is 4.90 Å². The number of hydrogen-bond donors (Lipinski definition) is 0. The Labute approximate surface area is 90.3 Å². The lowest BCUT2D eigenvalue weighted by Gasteiger charge is -2.26. The monoisotopic (exact) mass is 245 g/mol. The average molecular weight is 246 g/mol. The first-order chi connectivity index (χ1) is 6.20. The molecule has 0 aromatic rings. The maximum atomic E-state index is 3.89. The first-order valence-electron chi connectivity index (χ1n) is 5.23. The van der Waals surface area contributed by atoms with E-state index >= 15 is 0 Å². The van der Waals surface area contributed by atoms with Gasteiger partial charge in [0.2, 0.25) is 0 Å². The summed E-state index contributed by atoms with van der Waals surface area (Å²) >= 11 is 3.43. The van der Waals surface area contributed by atoms with Crippen LogP contribution in [-0.4, -0.2) is 24.5 Å². The van der Waals surface area contributed by atoms with Gasteiger partial charge in [0.15, 0.2) is 0 Å². The average Bonchev–Trinajstić information content (AvgIpc) is 2.29. The molecule has 0 amide bonds. The third-order valence-electron chi connectivity index (χ3n) is 2.87. The van der Waals surface area contributed by atoms with E-state index in [4.69, 9.17) is 0 Å². The smallest absolute Gasteiger partial charge is 0.0293 e. The summed E-state index contributed by atoms with van der Waals surface area (Å²) in [4.78, 5) is 2.43. The van der Waals surface area contributed by atoms with Crippen LogP contribution in [0.15, 0.2) is 11.1 Å². The molecule has 0 aromatic carbocycles. The summed E-state index contributed by atoms with van der Waals surface area (Å²) in [6.07, 6.45) is 8.42. The minimum atomic E-state index is 0.789. The van der Waals surface area contributed by atoms with Crippen LogP contribution in [0.5, 0.6) is 0 Å². The Bertz CT molecular complexity index is 159. The number of rotatable bonds is 3. The topological polar surface area (TPSA) is 3.24 Å². The maximum absolute atomic E-state index is 3.89. The molecule has 2 heteroatoms. The Balaban J connectivity index is 2.34. The molecule has 1 rings (SSSR count). The summed E-state index contributed by atoms with van der Waals surface area (Å²) < 4.78 is 1.10. The Morgan fingerprint density at radius 1 is 1.31 bits per heavy atom. The van der Waals surface area contributed by atoms with Crippen LogP contribution in [0, 0.1) is 0 Å². The van der Waals surface area contributed by atoms with Crippen LogP contribution in [0.2, 0.25) is 0 Å². The van der Waals surface area contributed by atoms with Crippen molar-refractivity contribution in [1.82, 2.24) is 4.90 Å². The molecule has 0 bridgehead atoms. The zero-order valence-electron chi connectivity index (χ0n) is 8.56. The minimum Gasteiger partial charge on any atom is -0.299 e. The van der Waals surface area contributed by atoms with Crippen LogP contribution in [0.1, 0.15) is 38.5 Å². The Hall–Kier alpha value is 0.180. The normalized spacial score (nSPS) is 20.2. The summed E-state index contributed by atoms with van der Waals surface area (Å²) in [7, 11) is 2.21. The molecule has 0 heterocycles. The second kappa shape index (κ2) is 5.82. The van der Waals surface area contributed by atoms with E-state index in [0.29, 0.717) is 0 Å². The molecule has 1 fully saturated rings. The van der Waals surface area contributed by atoms with Crippen molar-refractivity contribution in [1.29, 1.82) is 0 Å². The van der Waals surface area contributed by atoms with Crippen molar-refractivity contribution in [2.45, 2.75) is 44.6 Å². The van der Waals surface area contributed by atoms with Gasteiger partial charge in [0, 0.05) is 17.1 Å². The van der Waals surface area contributed by atoms with Crippen molar-refractivity contribution in [2.24, 2.45) is 0 Å². The van der Waals surface area contributed by atoms with Crippen molar-refractivity contribution >= 4 is 15.9 Å². The third kappa shape index (κ3) is 4.28. The van der Waals surface area contributed by atoms with Crippen LogP contribution < -0.4 is 0 Å². The van der Waals surface area contributed by atoms with Gasteiger partial charge in [0.1, 0.15) is 0 Å². The number of halogens is 1. The molecule has 0 aromatic heterocycles. The van der Waals surface area contributed by atoms with E-state index in [9.17, 15) is 0 Å². The molecule has 1 aliphatic carbocycles. The second-order valence-corrected chi connectivity index (χ2v) is 5.20. The summed E-state index contributed by atoms with van der Waals surface area (Å²) in [5, 5.41) is 0. The molecule has 0 spiro atoms.